The summed E-state index contributed by atoms with van der Waals surface area (Å²) < 4.78 is 29.1. The lowest BCUT2D eigenvalue weighted by Crippen LogP contribution is -2.35. The van der Waals surface area contributed by atoms with Gasteiger partial charge in [-0.1, -0.05) is 32.9 Å². The highest BCUT2D eigenvalue weighted by molar-refractivity contribution is 7.92. The smallest absolute Gasteiger partial charge is 0.326 e. The minimum absolute atomic E-state index is 0.0171. The van der Waals surface area contributed by atoms with E-state index in [4.69, 9.17) is 0 Å². The number of carbonyl (C=O) groups excluding carboxylic acids is 1. The first-order chi connectivity index (χ1) is 9.05. The molecule has 0 aliphatic carbocycles. The van der Waals surface area contributed by atoms with Crippen LogP contribution in [0.5, 0.6) is 0 Å². The van der Waals surface area contributed by atoms with Gasteiger partial charge in [0, 0.05) is 0 Å². The zero-order chi connectivity index (χ0) is 15.6. The van der Waals surface area contributed by atoms with Crippen molar-refractivity contribution in [3.05, 3.63) is 29.8 Å². The number of benzene rings is 1. The molecule has 0 spiro atoms. The molecule has 0 heterocycles. The highest BCUT2D eigenvalue weighted by Crippen LogP contribution is 2.25. The van der Waals surface area contributed by atoms with Crippen molar-refractivity contribution in [1.82, 2.24) is 0 Å². The van der Waals surface area contributed by atoms with Crippen molar-refractivity contribution in [2.75, 3.05) is 24.2 Å². The van der Waals surface area contributed by atoms with Crippen molar-refractivity contribution in [3.8, 4) is 0 Å². The van der Waals surface area contributed by atoms with Crippen molar-refractivity contribution >= 4 is 21.7 Å². The summed E-state index contributed by atoms with van der Waals surface area (Å²) in [5, 5.41) is 0. The monoisotopic (exact) mass is 299 g/mol. The summed E-state index contributed by atoms with van der Waals surface area (Å²) in [6.07, 6.45) is 1.06. The number of hydrogen-bond acceptors (Lipinski definition) is 4. The molecule has 0 atom stereocenters. The van der Waals surface area contributed by atoms with E-state index in [-0.39, 0.29) is 12.0 Å². The van der Waals surface area contributed by atoms with Crippen LogP contribution in [-0.2, 0) is 25.0 Å². The lowest BCUT2D eigenvalue weighted by molar-refractivity contribution is -0.138. The molecule has 0 amide bonds. The van der Waals surface area contributed by atoms with Gasteiger partial charge in [0.2, 0.25) is 10.0 Å². The van der Waals surface area contributed by atoms with Crippen LogP contribution in [0, 0.1) is 0 Å². The Labute approximate surface area is 120 Å². The molecule has 0 radical (unpaired) electrons. The van der Waals surface area contributed by atoms with Crippen LogP contribution in [0.4, 0.5) is 5.69 Å². The summed E-state index contributed by atoms with van der Waals surface area (Å²) in [5.74, 6) is -0.602. The fraction of sp³-hybridized carbons (Fsp3) is 0.500. The average molecular weight is 299 g/mol. The predicted molar refractivity (Wildman–Crippen MR) is 79.3 cm³/mol. The summed E-state index contributed by atoms with van der Waals surface area (Å²) in [4.78, 5) is 11.3. The second kappa shape index (κ2) is 5.83. The number of esters is 1. The van der Waals surface area contributed by atoms with Gasteiger partial charge in [-0.15, -0.1) is 0 Å². The molecule has 0 N–H and O–H groups in total. The zero-order valence-corrected chi connectivity index (χ0v) is 13.3. The number of rotatable bonds is 4. The number of sulfonamides is 1. The maximum atomic E-state index is 11.8. The molecule has 1 rings (SSSR count). The minimum Gasteiger partial charge on any atom is -0.468 e. The van der Waals surface area contributed by atoms with Gasteiger partial charge in [0.25, 0.3) is 0 Å². The summed E-state index contributed by atoms with van der Waals surface area (Å²) in [5.41, 5.74) is 1.52. The van der Waals surface area contributed by atoms with Gasteiger partial charge in [0.15, 0.2) is 0 Å². The number of nitrogens with zero attached hydrogens (tertiary/aromatic N) is 1. The average Bonchev–Trinajstić information content (AvgIpc) is 2.33. The largest absolute Gasteiger partial charge is 0.468 e. The van der Waals surface area contributed by atoms with E-state index >= 15 is 0 Å². The third kappa shape index (κ3) is 4.23. The maximum absolute atomic E-state index is 11.8. The SMILES string of the molecule is COC(=O)CN(c1ccc(C(C)(C)C)cc1)S(C)(=O)=O. The van der Waals surface area contributed by atoms with Crippen LogP contribution in [0.25, 0.3) is 0 Å². The van der Waals surface area contributed by atoms with Gasteiger partial charge in [-0.05, 0) is 23.1 Å². The number of carbonyl (C=O) groups is 1. The number of ether oxygens (including phenoxy) is 1. The van der Waals surface area contributed by atoms with E-state index in [2.05, 4.69) is 25.5 Å². The summed E-state index contributed by atoms with van der Waals surface area (Å²) in [6, 6.07) is 7.13. The maximum Gasteiger partial charge on any atom is 0.326 e. The number of methoxy groups -OCH3 is 1. The van der Waals surface area contributed by atoms with E-state index in [1.807, 2.05) is 12.1 Å². The summed E-state index contributed by atoms with van der Waals surface area (Å²) in [7, 11) is -2.31. The molecule has 1 aromatic rings. The van der Waals surface area contributed by atoms with Crippen molar-refractivity contribution in [2.45, 2.75) is 26.2 Å². The minimum atomic E-state index is -3.54. The molecule has 0 fully saturated rings. The van der Waals surface area contributed by atoms with E-state index in [1.165, 1.54) is 7.11 Å². The standard InChI is InChI=1S/C14H21NO4S/c1-14(2,3)11-6-8-12(9-7-11)15(20(5,17)18)10-13(16)19-4/h6-9H,10H2,1-5H3. The molecule has 0 bridgehead atoms. The van der Waals surface area contributed by atoms with Crippen molar-refractivity contribution in [3.63, 3.8) is 0 Å². The highest BCUT2D eigenvalue weighted by Gasteiger charge is 2.22. The van der Waals surface area contributed by atoms with Crippen LogP contribution in [0.2, 0.25) is 0 Å². The molecular formula is C14H21NO4S. The second-order valence-corrected chi connectivity index (χ2v) is 7.55. The molecule has 112 valence electrons. The fourth-order valence-corrected chi connectivity index (χ4v) is 2.55. The normalized spacial score (nSPS) is 12.1. The summed E-state index contributed by atoms with van der Waals surface area (Å²) in [6.45, 7) is 5.89. The quantitative estimate of drug-likeness (QED) is 0.797. The molecule has 1 aromatic carbocycles. The van der Waals surface area contributed by atoms with Crippen molar-refractivity contribution in [1.29, 1.82) is 0 Å². The van der Waals surface area contributed by atoms with Crippen LogP contribution >= 0.6 is 0 Å². The van der Waals surface area contributed by atoms with Crippen LogP contribution in [0.1, 0.15) is 26.3 Å². The summed E-state index contributed by atoms with van der Waals surface area (Å²) >= 11 is 0. The second-order valence-electron chi connectivity index (χ2n) is 5.64. The Balaban J connectivity index is 3.13. The molecule has 0 unspecified atom stereocenters. The molecular weight excluding hydrogens is 278 g/mol. The lowest BCUT2D eigenvalue weighted by Gasteiger charge is -2.23. The van der Waals surface area contributed by atoms with E-state index in [0.29, 0.717) is 5.69 Å². The Morgan fingerprint density at radius 2 is 1.70 bits per heavy atom. The zero-order valence-electron chi connectivity index (χ0n) is 12.5. The third-order valence-corrected chi connectivity index (χ3v) is 4.06. The molecule has 0 saturated heterocycles. The molecule has 0 aromatic heterocycles. The Morgan fingerprint density at radius 3 is 2.05 bits per heavy atom. The van der Waals surface area contributed by atoms with Crippen molar-refractivity contribution < 1.29 is 17.9 Å². The first-order valence-corrected chi connectivity index (χ1v) is 8.05. The van der Waals surface area contributed by atoms with E-state index in [0.717, 1.165) is 16.1 Å². The van der Waals surface area contributed by atoms with Gasteiger partial charge in [0.1, 0.15) is 6.54 Å². The molecule has 0 aliphatic rings. The van der Waals surface area contributed by atoms with Crippen LogP contribution in [-0.4, -0.2) is 34.3 Å². The van der Waals surface area contributed by atoms with Gasteiger partial charge in [-0.2, -0.15) is 0 Å². The molecule has 5 nitrogen and oxygen atoms in total. The third-order valence-electron chi connectivity index (χ3n) is 2.92. The first-order valence-electron chi connectivity index (χ1n) is 6.21. The Hall–Kier alpha value is -1.56. The van der Waals surface area contributed by atoms with Crippen LogP contribution < -0.4 is 4.31 Å². The number of anilines is 1. The molecule has 0 aliphatic heterocycles. The van der Waals surface area contributed by atoms with Crippen LogP contribution in [0.3, 0.4) is 0 Å². The molecule has 0 saturated carbocycles. The lowest BCUT2D eigenvalue weighted by atomic mass is 9.87. The van der Waals surface area contributed by atoms with Gasteiger partial charge < -0.3 is 4.74 Å². The fourth-order valence-electron chi connectivity index (χ4n) is 1.71. The number of hydrogen-bond donors (Lipinski definition) is 0. The van der Waals surface area contributed by atoms with Gasteiger partial charge in [0.05, 0.1) is 19.1 Å². The topological polar surface area (TPSA) is 63.7 Å². The Morgan fingerprint density at radius 1 is 1.20 bits per heavy atom. The Bertz CT molecular complexity index is 570. The first kappa shape index (κ1) is 16.5. The van der Waals surface area contributed by atoms with Gasteiger partial charge in [-0.25, -0.2) is 8.42 Å². The van der Waals surface area contributed by atoms with Crippen molar-refractivity contribution in [2.24, 2.45) is 0 Å². The van der Waals surface area contributed by atoms with Gasteiger partial charge in [-0.3, -0.25) is 9.10 Å². The molecule has 20 heavy (non-hydrogen) atoms. The van der Waals surface area contributed by atoms with E-state index in [9.17, 15) is 13.2 Å². The highest BCUT2D eigenvalue weighted by atomic mass is 32.2. The van der Waals surface area contributed by atoms with E-state index < -0.39 is 16.0 Å². The van der Waals surface area contributed by atoms with Crippen LogP contribution in [0.15, 0.2) is 24.3 Å². The van der Waals surface area contributed by atoms with Gasteiger partial charge >= 0.3 is 5.97 Å². The predicted octanol–water partition coefficient (Wildman–Crippen LogP) is 1.92. The Kier molecular flexibility index (Phi) is 4.81. The molecule has 6 heteroatoms. The van der Waals surface area contributed by atoms with E-state index in [1.54, 1.807) is 12.1 Å².